The number of amides is 1. The van der Waals surface area contributed by atoms with E-state index < -0.39 is 11.3 Å². The highest BCUT2D eigenvalue weighted by Crippen LogP contribution is 2.68. The largest absolute Gasteiger partial charge is 0.504 e. The number of carbonyl (C=O) groups excluding carboxylic acids is 1. The zero-order valence-corrected chi connectivity index (χ0v) is 20.3. The lowest BCUT2D eigenvalue weighted by molar-refractivity contribution is -0.133. The molecular formula is C28H32F2N2O4. The molecule has 192 valence electrons. The molecule has 6 nitrogen and oxygen atoms in total. The summed E-state index contributed by atoms with van der Waals surface area (Å²) in [6.45, 7) is 1.94. The van der Waals surface area contributed by atoms with E-state index in [-0.39, 0.29) is 60.5 Å². The highest BCUT2D eigenvalue weighted by Gasteiger charge is 2.67. The number of carbonyl (C=O) groups is 1. The molecule has 2 fully saturated rings. The van der Waals surface area contributed by atoms with E-state index in [1.807, 2.05) is 12.1 Å². The first kappa shape index (κ1) is 24.7. The average molecular weight is 499 g/mol. The fraction of sp³-hybridized carbons (Fsp3) is 0.536. The maximum Gasteiger partial charge on any atom is 0.253 e. The van der Waals surface area contributed by atoms with E-state index in [0.29, 0.717) is 30.5 Å². The highest BCUT2D eigenvalue weighted by molar-refractivity contribution is 5.75. The van der Waals surface area contributed by atoms with Gasteiger partial charge in [-0.25, -0.2) is 8.78 Å². The summed E-state index contributed by atoms with van der Waals surface area (Å²) in [5.41, 5.74) is 2.26. The highest BCUT2D eigenvalue weighted by atomic mass is 19.3. The summed E-state index contributed by atoms with van der Waals surface area (Å²) in [5, 5.41) is 24.9. The van der Waals surface area contributed by atoms with Crippen molar-refractivity contribution in [3.63, 3.8) is 0 Å². The van der Waals surface area contributed by atoms with Crippen molar-refractivity contribution in [1.82, 2.24) is 5.32 Å². The average Bonchev–Trinajstić information content (AvgIpc) is 3.07. The molecule has 2 aromatic rings. The summed E-state index contributed by atoms with van der Waals surface area (Å²) in [4.78, 5) is 23.6. The van der Waals surface area contributed by atoms with Crippen LogP contribution in [0.4, 0.5) is 14.5 Å². The van der Waals surface area contributed by atoms with Crippen LogP contribution in [0.1, 0.15) is 68.1 Å². The number of nitroso groups, excluding NO2 is 1. The third-order valence-electron chi connectivity index (χ3n) is 9.20. The SMILES string of the molecule is CC12CC[C@@H]3c4ccc(N=O)cc4CC[C@H]3[C@@H]1C(CCC(=O)NCc1ccc(O)c(O)c1)CC2(F)F. The van der Waals surface area contributed by atoms with E-state index in [2.05, 4.69) is 10.5 Å². The first-order valence-corrected chi connectivity index (χ1v) is 12.7. The molecule has 0 saturated heterocycles. The molecule has 2 aromatic carbocycles. The normalized spacial score (nSPS) is 30.1. The van der Waals surface area contributed by atoms with E-state index in [0.717, 1.165) is 18.4 Å². The van der Waals surface area contributed by atoms with E-state index in [1.54, 1.807) is 19.1 Å². The van der Waals surface area contributed by atoms with Crippen LogP contribution in [0, 0.1) is 28.1 Å². The number of fused-ring (bicyclic) bond motifs is 5. The van der Waals surface area contributed by atoms with E-state index in [4.69, 9.17) is 0 Å². The molecule has 5 atom stereocenters. The molecule has 3 aliphatic rings. The van der Waals surface area contributed by atoms with Gasteiger partial charge in [-0.05, 0) is 102 Å². The van der Waals surface area contributed by atoms with Crippen LogP contribution >= 0.6 is 0 Å². The zero-order chi connectivity index (χ0) is 25.7. The molecule has 0 heterocycles. The minimum atomic E-state index is -2.76. The number of aromatic hydroxyl groups is 2. The van der Waals surface area contributed by atoms with Gasteiger partial charge in [-0.3, -0.25) is 4.79 Å². The molecule has 0 radical (unpaired) electrons. The topological polar surface area (TPSA) is 99.0 Å². The number of nitrogens with zero attached hydrogens (tertiary/aromatic N) is 1. The standard InChI is InChI=1S/C28H32F2N2O4/c1-27-11-10-21-20-7-5-19(32-36)13-17(20)3-6-22(21)26(27)18(14-28(27,29)30)4-9-25(35)31-15-16-2-8-23(33)24(34)12-16/h2,5,7-8,12-13,18,21-22,26,33-34H,3-4,6,9-11,14-15H2,1H3,(H,31,35)/t18?,21-,22-,26+,27?/m1/s1. The summed E-state index contributed by atoms with van der Waals surface area (Å²) in [6, 6.07) is 9.87. The molecule has 1 amide bonds. The van der Waals surface area contributed by atoms with E-state index >= 15 is 8.78 Å². The maximum atomic E-state index is 15.4. The molecule has 0 spiro atoms. The van der Waals surface area contributed by atoms with Gasteiger partial charge in [0, 0.05) is 24.8 Å². The van der Waals surface area contributed by atoms with Crippen LogP contribution in [0.2, 0.25) is 0 Å². The van der Waals surface area contributed by atoms with Gasteiger partial charge in [0.25, 0.3) is 5.92 Å². The third kappa shape index (κ3) is 4.14. The molecule has 3 N–H and O–H groups in total. The van der Waals surface area contributed by atoms with Gasteiger partial charge in [-0.2, -0.15) is 0 Å². The Morgan fingerprint density at radius 3 is 2.69 bits per heavy atom. The van der Waals surface area contributed by atoms with Crippen LogP contribution in [0.15, 0.2) is 41.6 Å². The predicted octanol–water partition coefficient (Wildman–Crippen LogP) is 6.31. The summed E-state index contributed by atoms with van der Waals surface area (Å²) >= 11 is 0. The number of phenols is 2. The van der Waals surface area contributed by atoms with Gasteiger partial charge in [0.1, 0.15) is 5.69 Å². The summed E-state index contributed by atoms with van der Waals surface area (Å²) in [7, 11) is 0. The monoisotopic (exact) mass is 498 g/mol. The van der Waals surface area contributed by atoms with Gasteiger partial charge in [0.15, 0.2) is 11.5 Å². The maximum absolute atomic E-state index is 15.4. The number of nitrogens with one attached hydrogen (secondary N) is 1. The van der Waals surface area contributed by atoms with Crippen LogP contribution < -0.4 is 5.32 Å². The smallest absolute Gasteiger partial charge is 0.253 e. The number of phenolic OH excluding ortho intramolecular Hbond substituents is 2. The van der Waals surface area contributed by atoms with E-state index in [9.17, 15) is 19.9 Å². The van der Waals surface area contributed by atoms with Gasteiger partial charge in [0.05, 0.1) is 0 Å². The second-order valence-corrected chi connectivity index (χ2v) is 11.1. The van der Waals surface area contributed by atoms with Gasteiger partial charge in [-0.15, -0.1) is 4.91 Å². The molecule has 8 heteroatoms. The second-order valence-electron chi connectivity index (χ2n) is 11.1. The molecule has 2 saturated carbocycles. The molecular weight excluding hydrogens is 466 g/mol. The predicted molar refractivity (Wildman–Crippen MR) is 131 cm³/mol. The van der Waals surface area contributed by atoms with Crippen molar-refractivity contribution >= 4 is 11.6 Å². The van der Waals surface area contributed by atoms with Crippen LogP contribution in [0.3, 0.4) is 0 Å². The first-order chi connectivity index (χ1) is 17.1. The molecule has 3 aliphatic carbocycles. The summed E-state index contributed by atoms with van der Waals surface area (Å²) in [6.07, 6.45) is 3.12. The molecule has 0 bridgehead atoms. The van der Waals surface area contributed by atoms with Gasteiger partial charge in [0.2, 0.25) is 5.91 Å². The molecule has 5 rings (SSSR count). The molecule has 0 aliphatic heterocycles. The Hall–Kier alpha value is -3.03. The molecule has 36 heavy (non-hydrogen) atoms. The number of alkyl halides is 2. The fourth-order valence-corrected chi connectivity index (χ4v) is 7.43. The van der Waals surface area contributed by atoms with Gasteiger partial charge < -0.3 is 15.5 Å². The van der Waals surface area contributed by atoms with Crippen molar-refractivity contribution in [2.45, 2.75) is 70.3 Å². The summed E-state index contributed by atoms with van der Waals surface area (Å²) < 4.78 is 30.9. The Balaban J connectivity index is 1.29. The van der Waals surface area contributed by atoms with Crippen molar-refractivity contribution in [3.05, 3.63) is 58.0 Å². The summed E-state index contributed by atoms with van der Waals surface area (Å²) in [5.74, 6) is -3.54. The van der Waals surface area contributed by atoms with Crippen LogP contribution in [-0.2, 0) is 17.8 Å². The Morgan fingerprint density at radius 1 is 1.14 bits per heavy atom. The van der Waals surface area contributed by atoms with Crippen molar-refractivity contribution < 1.29 is 23.8 Å². The lowest BCUT2D eigenvalue weighted by atomic mass is 9.53. The van der Waals surface area contributed by atoms with Crippen molar-refractivity contribution in [1.29, 1.82) is 0 Å². The van der Waals surface area contributed by atoms with Crippen molar-refractivity contribution in [2.24, 2.45) is 28.3 Å². The second kappa shape index (κ2) is 9.12. The Labute approximate surface area is 209 Å². The zero-order valence-electron chi connectivity index (χ0n) is 20.3. The number of benzene rings is 2. The number of halogens is 2. The van der Waals surface area contributed by atoms with Crippen LogP contribution in [0.25, 0.3) is 0 Å². The van der Waals surface area contributed by atoms with E-state index in [1.165, 1.54) is 17.7 Å². The number of rotatable bonds is 6. The first-order valence-electron chi connectivity index (χ1n) is 12.7. The van der Waals surface area contributed by atoms with Crippen molar-refractivity contribution in [2.75, 3.05) is 0 Å². The quantitative estimate of drug-likeness (QED) is 0.321. The van der Waals surface area contributed by atoms with Crippen LogP contribution in [-0.4, -0.2) is 22.0 Å². The fourth-order valence-electron chi connectivity index (χ4n) is 7.43. The van der Waals surface area contributed by atoms with Gasteiger partial charge in [-0.1, -0.05) is 19.1 Å². The third-order valence-corrected chi connectivity index (χ3v) is 9.20. The molecule has 0 aromatic heterocycles. The minimum Gasteiger partial charge on any atom is -0.504 e. The Kier molecular flexibility index (Phi) is 6.25. The van der Waals surface area contributed by atoms with Gasteiger partial charge >= 0.3 is 0 Å². The lowest BCUT2D eigenvalue weighted by Crippen LogP contribution is -2.47. The Morgan fingerprint density at radius 2 is 1.94 bits per heavy atom. The molecule has 2 unspecified atom stereocenters. The lowest BCUT2D eigenvalue weighted by Gasteiger charge is -2.51. The van der Waals surface area contributed by atoms with Crippen LogP contribution in [0.5, 0.6) is 11.5 Å². The number of aryl methyl sites for hydroxylation is 1. The number of hydrogen-bond acceptors (Lipinski definition) is 5. The van der Waals surface area contributed by atoms with Crippen molar-refractivity contribution in [3.8, 4) is 11.5 Å². The Bertz CT molecular complexity index is 1190. The minimum absolute atomic E-state index is 0.132. The number of hydrogen-bond donors (Lipinski definition) is 3.